The number of nitrogens with zero attached hydrogens (tertiary/aromatic N) is 4. The second-order valence-electron chi connectivity index (χ2n) is 11.4. The third kappa shape index (κ3) is 4.98. The van der Waals surface area contributed by atoms with Crippen molar-refractivity contribution in [1.82, 2.24) is 19.7 Å². The van der Waals surface area contributed by atoms with Gasteiger partial charge in [-0.3, -0.25) is 4.57 Å². The minimum absolute atomic E-state index is 0.357. The molecule has 0 aliphatic rings. The fraction of sp³-hybridized carbons (Fsp3) is 0.162. The van der Waals surface area contributed by atoms with Crippen LogP contribution in [0.15, 0.2) is 109 Å². The monoisotopic (exact) mass is 580 g/mol. The summed E-state index contributed by atoms with van der Waals surface area (Å²) in [7, 11) is 0. The number of ether oxygens (including phenoxy) is 1. The van der Waals surface area contributed by atoms with Gasteiger partial charge >= 0.3 is 0 Å². The van der Waals surface area contributed by atoms with E-state index in [0.717, 1.165) is 28.3 Å². The summed E-state index contributed by atoms with van der Waals surface area (Å²) in [6, 6.07) is 35.5. The molecule has 0 fully saturated rings. The summed E-state index contributed by atoms with van der Waals surface area (Å²) in [5, 5.41) is 11.4. The zero-order valence-corrected chi connectivity index (χ0v) is 25.5. The molecule has 4 aromatic carbocycles. The van der Waals surface area contributed by atoms with Crippen LogP contribution in [0, 0.1) is 0 Å². The molecule has 0 amide bonds. The van der Waals surface area contributed by atoms with Gasteiger partial charge in [0.05, 0.1) is 11.4 Å². The minimum atomic E-state index is 0.357. The quantitative estimate of drug-likeness (QED) is 0.188. The van der Waals surface area contributed by atoms with E-state index in [1.807, 2.05) is 48.8 Å². The van der Waals surface area contributed by atoms with E-state index < -0.39 is 0 Å². The van der Waals surface area contributed by atoms with Crippen LogP contribution in [0.5, 0.6) is 11.6 Å². The van der Waals surface area contributed by atoms with Crippen molar-refractivity contribution in [3.05, 3.63) is 121 Å². The lowest BCUT2D eigenvalue weighted by Gasteiger charge is -2.21. The van der Waals surface area contributed by atoms with Crippen LogP contribution < -0.4 is 4.74 Å². The zero-order valence-electron chi connectivity index (χ0n) is 24.7. The van der Waals surface area contributed by atoms with E-state index in [1.54, 1.807) is 11.3 Å². The smallest absolute Gasteiger partial charge is 0.219 e. The third-order valence-corrected chi connectivity index (χ3v) is 9.07. The fourth-order valence-electron chi connectivity index (χ4n) is 5.78. The maximum atomic E-state index is 6.35. The number of hydrogen-bond donors (Lipinski definition) is 0. The zero-order chi connectivity index (χ0) is 29.5. The number of para-hydroxylation sites is 1. The number of thiophene rings is 1. The van der Waals surface area contributed by atoms with Gasteiger partial charge < -0.3 is 4.74 Å². The van der Waals surface area contributed by atoms with Crippen molar-refractivity contribution in [3.8, 4) is 40.0 Å². The van der Waals surface area contributed by atoms with E-state index in [1.165, 1.54) is 31.3 Å². The molecule has 3 aromatic heterocycles. The number of fused-ring (bicyclic) bond motifs is 3. The molecule has 0 aliphatic carbocycles. The Balaban J connectivity index is 1.24. The average Bonchev–Trinajstić information content (AvgIpc) is 3.66. The van der Waals surface area contributed by atoms with Crippen molar-refractivity contribution in [1.29, 1.82) is 0 Å². The predicted molar refractivity (Wildman–Crippen MR) is 178 cm³/mol. The SMILES string of the molecule is CC(C)c1cccc(C(C)C)c1-n1cnnc1-c1cccc(Oc2cccc(-c3cccc4c3sc3ccccc34)n2)c1. The van der Waals surface area contributed by atoms with Crippen molar-refractivity contribution >= 4 is 31.5 Å². The van der Waals surface area contributed by atoms with Crippen LogP contribution in [0.2, 0.25) is 0 Å². The van der Waals surface area contributed by atoms with Gasteiger partial charge in [-0.25, -0.2) is 4.98 Å². The minimum Gasteiger partial charge on any atom is -0.439 e. The maximum Gasteiger partial charge on any atom is 0.219 e. The van der Waals surface area contributed by atoms with Crippen LogP contribution in [0.4, 0.5) is 0 Å². The summed E-state index contributed by atoms with van der Waals surface area (Å²) in [6.45, 7) is 8.90. The van der Waals surface area contributed by atoms with Gasteiger partial charge in [-0.15, -0.1) is 21.5 Å². The van der Waals surface area contributed by atoms with Gasteiger partial charge in [-0.05, 0) is 47.2 Å². The Kier molecular flexibility index (Phi) is 6.99. The Morgan fingerprint density at radius 1 is 0.721 bits per heavy atom. The molecule has 0 N–H and O–H groups in total. The highest BCUT2D eigenvalue weighted by molar-refractivity contribution is 7.26. The molecule has 7 aromatic rings. The number of rotatable bonds is 7. The van der Waals surface area contributed by atoms with E-state index in [0.29, 0.717) is 23.5 Å². The summed E-state index contributed by atoms with van der Waals surface area (Å²) in [4.78, 5) is 4.93. The molecule has 5 nitrogen and oxygen atoms in total. The number of pyridine rings is 1. The molecule has 0 aliphatic heterocycles. The molecule has 0 radical (unpaired) electrons. The Hall–Kier alpha value is -4.81. The van der Waals surface area contributed by atoms with E-state index in [-0.39, 0.29) is 0 Å². The van der Waals surface area contributed by atoms with Crippen LogP contribution >= 0.6 is 11.3 Å². The van der Waals surface area contributed by atoms with Gasteiger partial charge in [0.2, 0.25) is 5.88 Å². The molecule has 0 bridgehead atoms. The van der Waals surface area contributed by atoms with Crippen molar-refractivity contribution in [3.63, 3.8) is 0 Å². The molecule has 0 spiro atoms. The van der Waals surface area contributed by atoms with Gasteiger partial charge in [-0.2, -0.15) is 0 Å². The van der Waals surface area contributed by atoms with Crippen LogP contribution in [-0.4, -0.2) is 19.7 Å². The summed E-state index contributed by atoms with van der Waals surface area (Å²) in [6.07, 6.45) is 1.82. The highest BCUT2D eigenvalue weighted by Gasteiger charge is 2.20. The highest BCUT2D eigenvalue weighted by atomic mass is 32.1. The molecular weight excluding hydrogens is 549 g/mol. The lowest BCUT2D eigenvalue weighted by molar-refractivity contribution is 0.464. The average molecular weight is 581 g/mol. The van der Waals surface area contributed by atoms with Crippen molar-refractivity contribution in [2.75, 3.05) is 0 Å². The Labute approximate surface area is 255 Å². The first kappa shape index (κ1) is 27.0. The van der Waals surface area contributed by atoms with Gasteiger partial charge in [-0.1, -0.05) is 100 Å². The summed E-state index contributed by atoms with van der Waals surface area (Å²) < 4.78 is 11.0. The van der Waals surface area contributed by atoms with E-state index in [4.69, 9.17) is 9.72 Å². The number of aromatic nitrogens is 4. The first-order chi connectivity index (χ1) is 21.0. The molecule has 0 saturated heterocycles. The van der Waals surface area contributed by atoms with Crippen LogP contribution in [0.25, 0.3) is 48.5 Å². The van der Waals surface area contributed by atoms with Gasteiger partial charge in [0, 0.05) is 37.4 Å². The van der Waals surface area contributed by atoms with E-state index >= 15 is 0 Å². The Morgan fingerprint density at radius 2 is 1.44 bits per heavy atom. The Bertz CT molecular complexity index is 2060. The van der Waals surface area contributed by atoms with E-state index in [2.05, 4.69) is 103 Å². The second-order valence-corrected chi connectivity index (χ2v) is 12.4. The molecule has 6 heteroatoms. The van der Waals surface area contributed by atoms with Crippen molar-refractivity contribution < 1.29 is 4.74 Å². The molecule has 3 heterocycles. The summed E-state index contributed by atoms with van der Waals surface area (Å²) in [5.74, 6) is 2.73. The molecule has 7 rings (SSSR count). The van der Waals surface area contributed by atoms with Crippen molar-refractivity contribution in [2.24, 2.45) is 0 Å². The largest absolute Gasteiger partial charge is 0.439 e. The molecule has 0 unspecified atom stereocenters. The van der Waals surface area contributed by atoms with Crippen LogP contribution in [0.1, 0.15) is 50.7 Å². The number of benzene rings is 4. The maximum absolute atomic E-state index is 6.35. The highest BCUT2D eigenvalue weighted by Crippen LogP contribution is 2.40. The van der Waals surface area contributed by atoms with Gasteiger partial charge in [0.15, 0.2) is 5.82 Å². The molecule has 212 valence electrons. The summed E-state index contributed by atoms with van der Waals surface area (Å²) >= 11 is 1.80. The lowest BCUT2D eigenvalue weighted by atomic mass is 9.92. The fourth-order valence-corrected chi connectivity index (χ4v) is 7.00. The standard InChI is InChI=1S/C37H32N4OS/c1-23(2)27-14-8-15-28(24(3)4)35(27)41-22-38-40-37(41)25-11-7-12-26(21-25)42-34-20-10-18-32(39-34)31-17-9-16-30-29-13-5-6-19-33(29)43-36(30)31/h5-24H,1-4H3. The normalized spacial score (nSPS) is 11.7. The molecule has 0 saturated carbocycles. The second kappa shape index (κ2) is 11.1. The first-order valence-electron chi connectivity index (χ1n) is 14.7. The molecule has 43 heavy (non-hydrogen) atoms. The third-order valence-electron chi connectivity index (χ3n) is 7.85. The summed E-state index contributed by atoms with van der Waals surface area (Å²) in [5.41, 5.74) is 6.62. The topological polar surface area (TPSA) is 52.8 Å². The lowest BCUT2D eigenvalue weighted by Crippen LogP contribution is -2.07. The van der Waals surface area contributed by atoms with Crippen molar-refractivity contribution in [2.45, 2.75) is 39.5 Å². The molecule has 0 atom stereocenters. The molecular formula is C37H32N4OS. The van der Waals surface area contributed by atoms with Crippen LogP contribution in [0.3, 0.4) is 0 Å². The van der Waals surface area contributed by atoms with Gasteiger partial charge in [0.25, 0.3) is 0 Å². The van der Waals surface area contributed by atoms with Crippen LogP contribution in [-0.2, 0) is 0 Å². The van der Waals surface area contributed by atoms with Gasteiger partial charge in [0.1, 0.15) is 12.1 Å². The first-order valence-corrected chi connectivity index (χ1v) is 15.5. The Morgan fingerprint density at radius 3 is 2.26 bits per heavy atom. The number of hydrogen-bond acceptors (Lipinski definition) is 5. The predicted octanol–water partition coefficient (Wildman–Crippen LogP) is 10.4. The van der Waals surface area contributed by atoms with E-state index in [9.17, 15) is 0 Å².